The molecule has 3 heteroatoms. The minimum Gasteiger partial charge on any atom is -0.493 e. The third-order valence-corrected chi connectivity index (χ3v) is 4.02. The van der Waals surface area contributed by atoms with Gasteiger partial charge in [0, 0.05) is 6.54 Å². The van der Waals surface area contributed by atoms with Crippen molar-refractivity contribution in [3.63, 3.8) is 0 Å². The molecule has 0 saturated carbocycles. The van der Waals surface area contributed by atoms with E-state index < -0.39 is 0 Å². The minimum atomic E-state index is 0.779. The van der Waals surface area contributed by atoms with Gasteiger partial charge in [0.2, 0.25) is 0 Å². The summed E-state index contributed by atoms with van der Waals surface area (Å²) in [4.78, 5) is 2.44. The van der Waals surface area contributed by atoms with Gasteiger partial charge in [0.1, 0.15) is 0 Å². The number of hydrogen-bond acceptors (Lipinski definition) is 3. The van der Waals surface area contributed by atoms with E-state index in [1.807, 2.05) is 6.07 Å². The average Bonchev–Trinajstić information content (AvgIpc) is 2.54. The molecule has 0 saturated heterocycles. The van der Waals surface area contributed by atoms with E-state index in [9.17, 15) is 0 Å². The van der Waals surface area contributed by atoms with Crippen LogP contribution in [0.1, 0.15) is 19.4 Å². The van der Waals surface area contributed by atoms with Crippen molar-refractivity contribution in [3.05, 3.63) is 35.9 Å². The van der Waals surface area contributed by atoms with Crippen LogP contribution in [0.15, 0.2) is 30.3 Å². The lowest BCUT2D eigenvalue weighted by Crippen LogP contribution is -2.25. The maximum absolute atomic E-state index is 5.38. The third kappa shape index (κ3) is 3.67. The summed E-state index contributed by atoms with van der Waals surface area (Å²) < 4.78 is 10.7. The molecule has 0 spiro atoms. The molecule has 0 aliphatic carbocycles. The van der Waals surface area contributed by atoms with Gasteiger partial charge in [-0.1, -0.05) is 32.0 Å². The molecule has 0 heterocycles. The average molecular weight is 287 g/mol. The van der Waals surface area contributed by atoms with Crippen LogP contribution in [0.3, 0.4) is 0 Å². The molecule has 0 bridgehead atoms. The van der Waals surface area contributed by atoms with Gasteiger partial charge in [0.05, 0.1) is 14.2 Å². The standard InChI is InChI=1S/C18H25NO2/c1-5-19(6-2)10-9-14-7-8-15-12-17(20-3)18(21-4)13-16(15)11-14/h7-8,11-13H,5-6,9-10H2,1-4H3. The lowest BCUT2D eigenvalue weighted by molar-refractivity contribution is 0.308. The third-order valence-electron chi connectivity index (χ3n) is 4.02. The van der Waals surface area contributed by atoms with Crippen LogP contribution in [0.5, 0.6) is 11.5 Å². The van der Waals surface area contributed by atoms with Crippen molar-refractivity contribution in [2.45, 2.75) is 20.3 Å². The van der Waals surface area contributed by atoms with E-state index in [0.717, 1.165) is 37.6 Å². The second kappa shape index (κ2) is 7.32. The monoisotopic (exact) mass is 287 g/mol. The van der Waals surface area contributed by atoms with Crippen LogP contribution in [0, 0.1) is 0 Å². The Hall–Kier alpha value is -1.74. The highest BCUT2D eigenvalue weighted by molar-refractivity contribution is 5.86. The lowest BCUT2D eigenvalue weighted by atomic mass is 10.0. The van der Waals surface area contributed by atoms with Crippen LogP contribution in [0.25, 0.3) is 10.8 Å². The minimum absolute atomic E-state index is 0.779. The number of rotatable bonds is 7. The molecule has 0 aromatic heterocycles. The Labute approximate surface area is 127 Å². The van der Waals surface area contributed by atoms with Crippen LogP contribution in [0.4, 0.5) is 0 Å². The second-order valence-electron chi connectivity index (χ2n) is 5.17. The Morgan fingerprint density at radius 3 is 2.05 bits per heavy atom. The Morgan fingerprint density at radius 2 is 1.48 bits per heavy atom. The number of methoxy groups -OCH3 is 2. The fourth-order valence-corrected chi connectivity index (χ4v) is 2.61. The molecule has 0 amide bonds. The van der Waals surface area contributed by atoms with Crippen molar-refractivity contribution in [1.29, 1.82) is 0 Å². The van der Waals surface area contributed by atoms with Crippen molar-refractivity contribution < 1.29 is 9.47 Å². The molecule has 0 radical (unpaired) electrons. The first-order valence-corrected chi connectivity index (χ1v) is 7.58. The predicted molar refractivity (Wildman–Crippen MR) is 88.5 cm³/mol. The normalized spacial score (nSPS) is 11.1. The molecule has 3 nitrogen and oxygen atoms in total. The first-order valence-electron chi connectivity index (χ1n) is 7.58. The molecule has 0 N–H and O–H groups in total. The van der Waals surface area contributed by atoms with Gasteiger partial charge in [-0.3, -0.25) is 0 Å². The van der Waals surface area contributed by atoms with E-state index in [1.54, 1.807) is 14.2 Å². The van der Waals surface area contributed by atoms with Crippen molar-refractivity contribution >= 4 is 10.8 Å². The van der Waals surface area contributed by atoms with E-state index in [4.69, 9.17) is 9.47 Å². The number of hydrogen-bond donors (Lipinski definition) is 0. The zero-order chi connectivity index (χ0) is 15.2. The number of likely N-dealkylation sites (N-methyl/N-ethyl adjacent to an activating group) is 1. The molecule has 0 aliphatic rings. The number of nitrogens with zero attached hydrogens (tertiary/aromatic N) is 1. The van der Waals surface area contributed by atoms with Crippen LogP contribution in [-0.2, 0) is 6.42 Å². The van der Waals surface area contributed by atoms with E-state index >= 15 is 0 Å². The van der Waals surface area contributed by atoms with E-state index in [2.05, 4.69) is 43.0 Å². The molecule has 2 aromatic carbocycles. The summed E-state index contributed by atoms with van der Waals surface area (Å²) in [6, 6.07) is 10.7. The van der Waals surface area contributed by atoms with Crippen LogP contribution >= 0.6 is 0 Å². The fraction of sp³-hybridized carbons (Fsp3) is 0.444. The zero-order valence-electron chi connectivity index (χ0n) is 13.5. The Bertz CT molecular complexity index is 591. The lowest BCUT2D eigenvalue weighted by Gasteiger charge is -2.18. The second-order valence-corrected chi connectivity index (χ2v) is 5.17. The molecule has 0 unspecified atom stereocenters. The van der Waals surface area contributed by atoms with Gasteiger partial charge in [0.15, 0.2) is 11.5 Å². The zero-order valence-corrected chi connectivity index (χ0v) is 13.5. The van der Waals surface area contributed by atoms with Crippen molar-refractivity contribution in [3.8, 4) is 11.5 Å². The van der Waals surface area contributed by atoms with Gasteiger partial charge >= 0.3 is 0 Å². The molecule has 0 atom stereocenters. The van der Waals surface area contributed by atoms with Crippen LogP contribution in [0.2, 0.25) is 0 Å². The summed E-state index contributed by atoms with van der Waals surface area (Å²) in [6.45, 7) is 7.73. The number of fused-ring (bicyclic) bond motifs is 1. The fourth-order valence-electron chi connectivity index (χ4n) is 2.61. The van der Waals surface area contributed by atoms with Gasteiger partial charge < -0.3 is 14.4 Å². The molecule has 2 aromatic rings. The summed E-state index contributed by atoms with van der Waals surface area (Å²) in [5.41, 5.74) is 1.36. The molecular weight excluding hydrogens is 262 g/mol. The van der Waals surface area contributed by atoms with E-state index in [1.165, 1.54) is 16.3 Å². The van der Waals surface area contributed by atoms with Gasteiger partial charge in [-0.15, -0.1) is 0 Å². The predicted octanol–water partition coefficient (Wildman–Crippen LogP) is 3.74. The summed E-state index contributed by atoms with van der Waals surface area (Å²) in [5, 5.41) is 2.38. The summed E-state index contributed by atoms with van der Waals surface area (Å²) in [7, 11) is 3.34. The maximum atomic E-state index is 5.38. The highest BCUT2D eigenvalue weighted by atomic mass is 16.5. The smallest absolute Gasteiger partial charge is 0.161 e. The summed E-state index contributed by atoms with van der Waals surface area (Å²) in [5.74, 6) is 1.56. The van der Waals surface area contributed by atoms with Crippen molar-refractivity contribution in [2.24, 2.45) is 0 Å². The van der Waals surface area contributed by atoms with E-state index in [-0.39, 0.29) is 0 Å². The molecule has 0 fully saturated rings. The first-order chi connectivity index (χ1) is 10.2. The summed E-state index contributed by atoms with van der Waals surface area (Å²) in [6.07, 6.45) is 1.08. The topological polar surface area (TPSA) is 21.7 Å². The van der Waals surface area contributed by atoms with Gasteiger partial charge in [-0.25, -0.2) is 0 Å². The van der Waals surface area contributed by atoms with Gasteiger partial charge in [0.25, 0.3) is 0 Å². The van der Waals surface area contributed by atoms with Crippen LogP contribution < -0.4 is 9.47 Å². The Kier molecular flexibility index (Phi) is 5.45. The highest BCUT2D eigenvalue weighted by Gasteiger charge is 2.07. The SMILES string of the molecule is CCN(CC)CCc1ccc2cc(OC)c(OC)cc2c1. The Balaban J connectivity index is 2.24. The van der Waals surface area contributed by atoms with Gasteiger partial charge in [-0.05, 0) is 48.0 Å². The number of ether oxygens (including phenoxy) is 2. The molecule has 2 rings (SSSR count). The van der Waals surface area contributed by atoms with Crippen molar-refractivity contribution in [1.82, 2.24) is 4.90 Å². The quantitative estimate of drug-likeness (QED) is 0.774. The molecule has 114 valence electrons. The van der Waals surface area contributed by atoms with Gasteiger partial charge in [-0.2, -0.15) is 0 Å². The van der Waals surface area contributed by atoms with E-state index in [0.29, 0.717) is 0 Å². The summed E-state index contributed by atoms with van der Waals surface area (Å²) >= 11 is 0. The first kappa shape index (κ1) is 15.6. The number of benzene rings is 2. The molecule has 0 aliphatic heterocycles. The highest BCUT2D eigenvalue weighted by Crippen LogP contribution is 2.32. The van der Waals surface area contributed by atoms with Crippen LogP contribution in [-0.4, -0.2) is 38.8 Å². The molecule has 21 heavy (non-hydrogen) atoms. The maximum Gasteiger partial charge on any atom is 0.161 e. The molecular formula is C18H25NO2. The van der Waals surface area contributed by atoms with Crippen molar-refractivity contribution in [2.75, 3.05) is 33.9 Å². The largest absolute Gasteiger partial charge is 0.493 e. The Morgan fingerprint density at radius 1 is 0.857 bits per heavy atom.